The SMILES string of the molecule is CCCCCCCCCCCCC(Cl)C(C)(O)O.N. The maximum absolute atomic E-state index is 9.25. The monoisotopic (exact) mass is 295 g/mol. The number of rotatable bonds is 12. The van der Waals surface area contributed by atoms with Crippen LogP contribution in [0.4, 0.5) is 0 Å². The molecule has 0 spiro atoms. The van der Waals surface area contributed by atoms with Crippen LogP contribution in [0.25, 0.3) is 0 Å². The molecular formula is C15H34ClNO2. The van der Waals surface area contributed by atoms with Gasteiger partial charge >= 0.3 is 0 Å². The van der Waals surface area contributed by atoms with E-state index >= 15 is 0 Å². The van der Waals surface area contributed by atoms with Crippen LogP contribution in [0, 0.1) is 0 Å². The molecule has 0 heterocycles. The fraction of sp³-hybridized carbons (Fsp3) is 1.00. The van der Waals surface area contributed by atoms with Crippen molar-refractivity contribution in [2.45, 2.75) is 95.6 Å². The highest BCUT2D eigenvalue weighted by Gasteiger charge is 2.26. The van der Waals surface area contributed by atoms with Crippen molar-refractivity contribution in [2.75, 3.05) is 0 Å². The van der Waals surface area contributed by atoms with Crippen molar-refractivity contribution < 1.29 is 10.2 Å². The second-order valence-corrected chi connectivity index (χ2v) is 6.06. The van der Waals surface area contributed by atoms with Crippen LogP contribution < -0.4 is 6.15 Å². The molecule has 19 heavy (non-hydrogen) atoms. The fourth-order valence-corrected chi connectivity index (χ4v) is 2.24. The molecule has 5 N–H and O–H groups in total. The largest absolute Gasteiger partial charge is 0.365 e. The molecule has 0 fully saturated rings. The molecule has 1 unspecified atom stereocenters. The van der Waals surface area contributed by atoms with Crippen LogP contribution in [0.2, 0.25) is 0 Å². The van der Waals surface area contributed by atoms with Crippen LogP contribution in [0.3, 0.4) is 0 Å². The molecule has 0 aliphatic carbocycles. The van der Waals surface area contributed by atoms with Crippen LogP contribution in [-0.2, 0) is 0 Å². The molecule has 0 amide bonds. The minimum atomic E-state index is -1.74. The maximum atomic E-state index is 9.25. The first-order valence-corrected chi connectivity index (χ1v) is 8.01. The van der Waals surface area contributed by atoms with Crippen molar-refractivity contribution in [3.8, 4) is 0 Å². The van der Waals surface area contributed by atoms with E-state index < -0.39 is 11.2 Å². The topological polar surface area (TPSA) is 75.5 Å². The lowest BCUT2D eigenvalue weighted by Gasteiger charge is -2.21. The molecule has 1 atom stereocenters. The summed E-state index contributed by atoms with van der Waals surface area (Å²) in [5.41, 5.74) is 0. The van der Waals surface area contributed by atoms with Crippen molar-refractivity contribution in [2.24, 2.45) is 0 Å². The van der Waals surface area contributed by atoms with Gasteiger partial charge in [0.25, 0.3) is 0 Å². The third-order valence-corrected chi connectivity index (χ3v) is 4.04. The average molecular weight is 296 g/mol. The van der Waals surface area contributed by atoms with Crippen LogP contribution in [0.5, 0.6) is 0 Å². The molecule has 0 bridgehead atoms. The second-order valence-electron chi connectivity index (χ2n) is 5.53. The van der Waals surface area contributed by atoms with Crippen LogP contribution in [-0.4, -0.2) is 21.4 Å². The van der Waals surface area contributed by atoms with E-state index in [0.29, 0.717) is 6.42 Å². The molecule has 0 rings (SSSR count). The van der Waals surface area contributed by atoms with Gasteiger partial charge in [0.05, 0.1) is 5.38 Å². The number of hydrogen-bond donors (Lipinski definition) is 3. The van der Waals surface area contributed by atoms with Gasteiger partial charge in [0.2, 0.25) is 0 Å². The van der Waals surface area contributed by atoms with Gasteiger partial charge in [-0.05, 0) is 13.3 Å². The van der Waals surface area contributed by atoms with Gasteiger partial charge in [-0.25, -0.2) is 0 Å². The fourth-order valence-electron chi connectivity index (χ4n) is 2.08. The van der Waals surface area contributed by atoms with Gasteiger partial charge in [0.15, 0.2) is 5.79 Å². The number of halogens is 1. The van der Waals surface area contributed by atoms with Gasteiger partial charge in [-0.2, -0.15) is 0 Å². The van der Waals surface area contributed by atoms with Gasteiger partial charge < -0.3 is 16.4 Å². The van der Waals surface area contributed by atoms with Gasteiger partial charge in [0.1, 0.15) is 0 Å². The van der Waals surface area contributed by atoms with E-state index in [-0.39, 0.29) is 6.15 Å². The van der Waals surface area contributed by atoms with Crippen molar-refractivity contribution >= 4 is 11.6 Å². The van der Waals surface area contributed by atoms with Crippen molar-refractivity contribution in [1.82, 2.24) is 6.15 Å². The molecule has 4 heteroatoms. The zero-order valence-corrected chi connectivity index (χ0v) is 13.6. The number of unbranched alkanes of at least 4 members (excludes halogenated alkanes) is 9. The molecule has 0 aliphatic rings. The van der Waals surface area contributed by atoms with Crippen molar-refractivity contribution in [3.05, 3.63) is 0 Å². The predicted molar refractivity (Wildman–Crippen MR) is 84.0 cm³/mol. The van der Waals surface area contributed by atoms with Crippen molar-refractivity contribution in [3.63, 3.8) is 0 Å². The number of alkyl halides is 1. The molecule has 0 aromatic carbocycles. The predicted octanol–water partition coefficient (Wildman–Crippen LogP) is 4.77. The molecule has 0 aliphatic heterocycles. The highest BCUT2D eigenvalue weighted by atomic mass is 35.5. The first-order valence-electron chi connectivity index (χ1n) is 7.57. The summed E-state index contributed by atoms with van der Waals surface area (Å²) < 4.78 is 0. The summed E-state index contributed by atoms with van der Waals surface area (Å²) in [6, 6.07) is 0. The van der Waals surface area contributed by atoms with Gasteiger partial charge in [-0.1, -0.05) is 71.1 Å². The summed E-state index contributed by atoms with van der Waals surface area (Å²) in [4.78, 5) is 0. The Kier molecular flexibility index (Phi) is 14.9. The van der Waals surface area contributed by atoms with E-state index in [1.54, 1.807) is 0 Å². The van der Waals surface area contributed by atoms with E-state index in [2.05, 4.69) is 6.92 Å². The normalized spacial score (nSPS) is 13.1. The van der Waals surface area contributed by atoms with E-state index in [0.717, 1.165) is 12.8 Å². The lowest BCUT2D eigenvalue weighted by atomic mass is 10.0. The molecule has 0 radical (unpaired) electrons. The second kappa shape index (κ2) is 13.2. The molecule has 118 valence electrons. The molecular weight excluding hydrogens is 262 g/mol. The Bertz CT molecular complexity index is 183. The summed E-state index contributed by atoms with van der Waals surface area (Å²) in [5.74, 6) is -1.74. The van der Waals surface area contributed by atoms with Gasteiger partial charge in [0, 0.05) is 0 Å². The maximum Gasteiger partial charge on any atom is 0.176 e. The zero-order valence-electron chi connectivity index (χ0n) is 12.8. The van der Waals surface area contributed by atoms with Crippen molar-refractivity contribution in [1.29, 1.82) is 0 Å². The third-order valence-electron chi connectivity index (χ3n) is 3.40. The lowest BCUT2D eigenvalue weighted by Crippen LogP contribution is -2.34. The summed E-state index contributed by atoms with van der Waals surface area (Å²) in [6.45, 7) is 3.59. The summed E-state index contributed by atoms with van der Waals surface area (Å²) in [6.07, 6.45) is 13.5. The number of aliphatic hydroxyl groups is 2. The van der Waals surface area contributed by atoms with E-state index in [9.17, 15) is 10.2 Å². The highest BCUT2D eigenvalue weighted by Crippen LogP contribution is 2.20. The summed E-state index contributed by atoms with van der Waals surface area (Å²) in [7, 11) is 0. The summed E-state index contributed by atoms with van der Waals surface area (Å²) in [5, 5.41) is 18.0. The molecule has 0 saturated carbocycles. The Morgan fingerprint density at radius 2 is 1.21 bits per heavy atom. The van der Waals surface area contributed by atoms with E-state index in [1.165, 1.54) is 58.3 Å². The molecule has 3 nitrogen and oxygen atoms in total. The lowest BCUT2D eigenvalue weighted by molar-refractivity contribution is -0.146. The molecule has 0 aromatic heterocycles. The first kappa shape index (κ1) is 21.5. The first-order chi connectivity index (χ1) is 8.48. The number of hydrogen-bond acceptors (Lipinski definition) is 3. The molecule has 0 aromatic rings. The Morgan fingerprint density at radius 3 is 1.58 bits per heavy atom. The van der Waals surface area contributed by atoms with Crippen LogP contribution >= 0.6 is 11.6 Å². The van der Waals surface area contributed by atoms with Gasteiger partial charge in [-0.15, -0.1) is 11.6 Å². The Morgan fingerprint density at radius 1 is 0.842 bits per heavy atom. The Hall–Kier alpha value is 0.170. The standard InChI is InChI=1S/C15H31ClO2.H3N/c1-3-4-5-6-7-8-9-10-11-12-13-14(16)15(2,17)18;/h14,17-18H,3-13H2,1-2H3;1H3. The van der Waals surface area contributed by atoms with Gasteiger partial charge in [-0.3, -0.25) is 0 Å². The Labute approximate surface area is 124 Å². The van der Waals surface area contributed by atoms with Crippen LogP contribution in [0.15, 0.2) is 0 Å². The Balaban J connectivity index is 0. The van der Waals surface area contributed by atoms with Crippen LogP contribution in [0.1, 0.15) is 84.5 Å². The molecule has 0 saturated heterocycles. The average Bonchev–Trinajstić information content (AvgIpc) is 2.30. The quantitative estimate of drug-likeness (QED) is 0.276. The smallest absolute Gasteiger partial charge is 0.176 e. The summed E-state index contributed by atoms with van der Waals surface area (Å²) >= 11 is 5.87. The third kappa shape index (κ3) is 14.4. The van der Waals surface area contributed by atoms with E-state index in [4.69, 9.17) is 11.6 Å². The minimum Gasteiger partial charge on any atom is -0.365 e. The zero-order chi connectivity index (χ0) is 13.9. The minimum absolute atomic E-state index is 0. The highest BCUT2D eigenvalue weighted by molar-refractivity contribution is 6.21. The van der Waals surface area contributed by atoms with E-state index in [1.807, 2.05) is 0 Å².